The third-order valence-corrected chi connectivity index (χ3v) is 5.58. The normalized spacial score (nSPS) is 30.4. The molecule has 0 bridgehead atoms. The third-order valence-electron chi connectivity index (χ3n) is 5.58. The van der Waals surface area contributed by atoms with Crippen LogP contribution in [0.3, 0.4) is 0 Å². The topological polar surface area (TPSA) is 40.5 Å². The summed E-state index contributed by atoms with van der Waals surface area (Å²) in [6, 6.07) is 0.668. The highest BCUT2D eigenvalue weighted by Gasteiger charge is 2.45. The van der Waals surface area contributed by atoms with Crippen molar-refractivity contribution in [2.24, 2.45) is 10.8 Å². The predicted molar refractivity (Wildman–Crippen MR) is 77.2 cm³/mol. The molecule has 19 heavy (non-hydrogen) atoms. The Kier molecular flexibility index (Phi) is 4.24. The number of carboxylic acid groups (broad SMARTS) is 1. The van der Waals surface area contributed by atoms with Crippen molar-refractivity contribution in [2.45, 2.75) is 71.8 Å². The van der Waals surface area contributed by atoms with Gasteiger partial charge < -0.3 is 5.11 Å². The van der Waals surface area contributed by atoms with E-state index in [0.717, 1.165) is 38.8 Å². The van der Waals surface area contributed by atoms with Gasteiger partial charge in [0.25, 0.3) is 0 Å². The zero-order valence-electron chi connectivity index (χ0n) is 12.7. The molecule has 0 amide bonds. The van der Waals surface area contributed by atoms with Gasteiger partial charge in [0, 0.05) is 6.04 Å². The van der Waals surface area contributed by atoms with E-state index in [-0.39, 0.29) is 0 Å². The molecule has 1 N–H and O–H groups in total. The summed E-state index contributed by atoms with van der Waals surface area (Å²) >= 11 is 0. The number of nitrogens with zero attached hydrogens (tertiary/aromatic N) is 1. The fourth-order valence-electron chi connectivity index (χ4n) is 4.30. The van der Waals surface area contributed by atoms with Crippen LogP contribution in [0.4, 0.5) is 0 Å². The monoisotopic (exact) mass is 267 g/mol. The van der Waals surface area contributed by atoms with Crippen LogP contribution < -0.4 is 0 Å². The zero-order chi connectivity index (χ0) is 14.1. The Morgan fingerprint density at radius 1 is 1.26 bits per heavy atom. The summed E-state index contributed by atoms with van der Waals surface area (Å²) in [7, 11) is 0. The lowest BCUT2D eigenvalue weighted by Gasteiger charge is -2.45. The van der Waals surface area contributed by atoms with Crippen LogP contribution in [0.15, 0.2) is 0 Å². The van der Waals surface area contributed by atoms with Crippen LogP contribution in [-0.4, -0.2) is 35.1 Å². The van der Waals surface area contributed by atoms with Crippen LogP contribution in [0.2, 0.25) is 0 Å². The van der Waals surface area contributed by atoms with Gasteiger partial charge in [-0.25, -0.2) is 0 Å². The molecule has 3 nitrogen and oxygen atoms in total. The first-order valence-corrected chi connectivity index (χ1v) is 7.89. The van der Waals surface area contributed by atoms with E-state index in [2.05, 4.69) is 25.7 Å². The average molecular weight is 267 g/mol. The first kappa shape index (κ1) is 14.8. The highest BCUT2D eigenvalue weighted by Crippen LogP contribution is 2.44. The smallest absolute Gasteiger partial charge is 0.309 e. The first-order valence-electron chi connectivity index (χ1n) is 7.89. The number of likely N-dealkylation sites (tertiary alicyclic amines) is 1. The van der Waals surface area contributed by atoms with Crippen molar-refractivity contribution < 1.29 is 9.90 Å². The summed E-state index contributed by atoms with van der Waals surface area (Å²) in [6.45, 7) is 8.78. The highest BCUT2D eigenvalue weighted by molar-refractivity contribution is 5.74. The largest absolute Gasteiger partial charge is 0.481 e. The van der Waals surface area contributed by atoms with Gasteiger partial charge in [-0.05, 0) is 50.6 Å². The highest BCUT2D eigenvalue weighted by atomic mass is 16.4. The number of carbonyl (C=O) groups is 1. The molecule has 1 atom stereocenters. The predicted octanol–water partition coefficient (Wildman–Crippen LogP) is 3.53. The molecule has 0 aromatic rings. The minimum atomic E-state index is -0.570. The second kappa shape index (κ2) is 5.43. The fourth-order valence-corrected chi connectivity index (χ4v) is 4.30. The molecule has 1 saturated carbocycles. The van der Waals surface area contributed by atoms with Gasteiger partial charge >= 0.3 is 5.97 Å². The summed E-state index contributed by atoms with van der Waals surface area (Å²) in [5.74, 6) is -0.570. The lowest BCUT2D eigenvalue weighted by atomic mass is 9.74. The maximum Gasteiger partial charge on any atom is 0.309 e. The molecule has 0 spiro atoms. The number of hydrogen-bond donors (Lipinski definition) is 1. The van der Waals surface area contributed by atoms with Crippen molar-refractivity contribution in [3.05, 3.63) is 0 Å². The van der Waals surface area contributed by atoms with Gasteiger partial charge in [-0.3, -0.25) is 9.69 Å². The van der Waals surface area contributed by atoms with Crippen molar-refractivity contribution in [3.8, 4) is 0 Å². The van der Waals surface area contributed by atoms with E-state index in [1.165, 1.54) is 19.3 Å². The Morgan fingerprint density at radius 2 is 1.89 bits per heavy atom. The average Bonchev–Trinajstić information content (AvgIpc) is 2.70. The quantitative estimate of drug-likeness (QED) is 0.847. The fraction of sp³-hybridized carbons (Fsp3) is 0.938. The summed E-state index contributed by atoms with van der Waals surface area (Å²) in [6.07, 6.45) is 7.41. The molecule has 1 unspecified atom stereocenters. The van der Waals surface area contributed by atoms with E-state index in [0.29, 0.717) is 11.5 Å². The Morgan fingerprint density at radius 3 is 2.32 bits per heavy atom. The Balaban J connectivity index is 2.00. The van der Waals surface area contributed by atoms with Crippen molar-refractivity contribution in [1.29, 1.82) is 0 Å². The van der Waals surface area contributed by atoms with Gasteiger partial charge in [-0.2, -0.15) is 0 Å². The molecule has 1 saturated heterocycles. The summed E-state index contributed by atoms with van der Waals surface area (Å²) in [5.41, 5.74) is -0.0258. The van der Waals surface area contributed by atoms with E-state index in [4.69, 9.17) is 0 Å². The molecule has 3 heteroatoms. The minimum absolute atomic E-state index is 0.411. The molecule has 0 aromatic carbocycles. The number of rotatable bonds is 4. The van der Waals surface area contributed by atoms with Gasteiger partial charge in [0.1, 0.15) is 0 Å². The van der Waals surface area contributed by atoms with Gasteiger partial charge in [-0.15, -0.1) is 0 Å². The molecule has 1 heterocycles. The second-order valence-electron chi connectivity index (χ2n) is 7.27. The van der Waals surface area contributed by atoms with Crippen molar-refractivity contribution >= 4 is 5.97 Å². The maximum absolute atomic E-state index is 11.6. The molecule has 110 valence electrons. The van der Waals surface area contributed by atoms with Crippen LogP contribution in [0.1, 0.15) is 65.7 Å². The van der Waals surface area contributed by atoms with Crippen LogP contribution in [0, 0.1) is 10.8 Å². The van der Waals surface area contributed by atoms with Gasteiger partial charge in [0.2, 0.25) is 0 Å². The van der Waals surface area contributed by atoms with E-state index in [9.17, 15) is 9.90 Å². The number of aliphatic carboxylic acids is 1. The summed E-state index contributed by atoms with van der Waals surface area (Å²) in [4.78, 5) is 14.2. The zero-order valence-corrected chi connectivity index (χ0v) is 12.7. The lowest BCUT2D eigenvalue weighted by Crippen LogP contribution is -2.50. The number of piperidine rings is 1. The first-order chi connectivity index (χ1) is 8.91. The Bertz CT molecular complexity index is 330. The van der Waals surface area contributed by atoms with Crippen LogP contribution in [-0.2, 0) is 4.79 Å². The molecule has 0 radical (unpaired) electrons. The van der Waals surface area contributed by atoms with Crippen molar-refractivity contribution in [1.82, 2.24) is 4.90 Å². The van der Waals surface area contributed by atoms with Crippen LogP contribution in [0.25, 0.3) is 0 Å². The molecule has 1 aliphatic heterocycles. The van der Waals surface area contributed by atoms with E-state index >= 15 is 0 Å². The Hall–Kier alpha value is -0.570. The molecule has 2 rings (SSSR count). The number of carboxylic acids is 1. The van der Waals surface area contributed by atoms with Gasteiger partial charge in [-0.1, -0.05) is 33.6 Å². The Labute approximate surface area is 117 Å². The van der Waals surface area contributed by atoms with Gasteiger partial charge in [0.05, 0.1) is 5.41 Å². The number of hydrogen-bond acceptors (Lipinski definition) is 2. The molecule has 2 fully saturated rings. The van der Waals surface area contributed by atoms with Crippen LogP contribution >= 0.6 is 0 Å². The molecular weight excluding hydrogens is 238 g/mol. The van der Waals surface area contributed by atoms with Crippen molar-refractivity contribution in [3.63, 3.8) is 0 Å². The molecule has 0 aromatic heterocycles. The van der Waals surface area contributed by atoms with Crippen molar-refractivity contribution in [2.75, 3.05) is 13.1 Å². The second-order valence-corrected chi connectivity index (χ2v) is 7.27. The standard InChI is InChI=1S/C16H29NO2/c1-4-7-16(14(18)19)9-11-17(12-10-16)13-6-5-8-15(13,2)3/h13H,4-12H2,1-3H3,(H,18,19). The van der Waals surface area contributed by atoms with Gasteiger partial charge in [0.15, 0.2) is 0 Å². The lowest BCUT2D eigenvalue weighted by molar-refractivity contribution is -0.153. The maximum atomic E-state index is 11.6. The van der Waals surface area contributed by atoms with Crippen LogP contribution in [0.5, 0.6) is 0 Å². The van der Waals surface area contributed by atoms with E-state index < -0.39 is 11.4 Å². The molecule has 2 aliphatic rings. The van der Waals surface area contributed by atoms with E-state index in [1.807, 2.05) is 0 Å². The summed E-state index contributed by atoms with van der Waals surface area (Å²) in [5, 5.41) is 9.56. The summed E-state index contributed by atoms with van der Waals surface area (Å²) < 4.78 is 0. The van der Waals surface area contributed by atoms with E-state index in [1.54, 1.807) is 0 Å². The molecule has 1 aliphatic carbocycles. The third kappa shape index (κ3) is 2.81. The minimum Gasteiger partial charge on any atom is -0.481 e. The molecular formula is C16H29NO2. The SMILES string of the molecule is CCCC1(C(=O)O)CCN(C2CCCC2(C)C)CC1.